The predicted molar refractivity (Wildman–Crippen MR) is 114 cm³/mol. The first kappa shape index (κ1) is 20.1. The van der Waals surface area contributed by atoms with Crippen molar-refractivity contribution in [3.63, 3.8) is 0 Å². The van der Waals surface area contributed by atoms with Crippen LogP contribution in [-0.4, -0.2) is 35.7 Å². The second-order valence-electron chi connectivity index (χ2n) is 8.64. The van der Waals surface area contributed by atoms with Gasteiger partial charge in [0, 0.05) is 29.4 Å². The zero-order chi connectivity index (χ0) is 21.2. The summed E-state index contributed by atoms with van der Waals surface area (Å²) in [7, 11) is -4.47. The van der Waals surface area contributed by atoms with Gasteiger partial charge in [-0.05, 0) is 59.2 Å². The summed E-state index contributed by atoms with van der Waals surface area (Å²) in [5.74, 6) is 0. The van der Waals surface area contributed by atoms with Crippen molar-refractivity contribution in [1.29, 1.82) is 0 Å². The average molecular weight is 412 g/mol. The highest BCUT2D eigenvalue weighted by molar-refractivity contribution is 7.90. The molecule has 0 saturated carbocycles. The second kappa shape index (κ2) is 6.42. The molecule has 0 radical (unpaired) electrons. The van der Waals surface area contributed by atoms with Crippen LogP contribution in [0.3, 0.4) is 0 Å². The van der Waals surface area contributed by atoms with E-state index < -0.39 is 28.3 Å². The molecule has 6 nitrogen and oxygen atoms in total. The van der Waals surface area contributed by atoms with Gasteiger partial charge >= 0.3 is 7.12 Å². The van der Waals surface area contributed by atoms with E-state index in [0.717, 1.165) is 11.1 Å². The number of fused-ring (bicyclic) bond motifs is 1. The van der Waals surface area contributed by atoms with Gasteiger partial charge in [-0.2, -0.15) is 0 Å². The highest BCUT2D eigenvalue weighted by atomic mass is 32.2. The van der Waals surface area contributed by atoms with Crippen LogP contribution in [0, 0.1) is 13.8 Å². The summed E-state index contributed by atoms with van der Waals surface area (Å²) in [4.78, 5) is 4.51. The van der Waals surface area contributed by atoms with E-state index in [4.69, 9.17) is 9.31 Å². The van der Waals surface area contributed by atoms with Gasteiger partial charge in [-0.25, -0.2) is 12.4 Å². The molecule has 0 amide bonds. The third kappa shape index (κ3) is 3.10. The van der Waals surface area contributed by atoms with Gasteiger partial charge in [0.1, 0.15) is 0 Å². The fourth-order valence-corrected chi connectivity index (χ4v) is 4.94. The Kier molecular flexibility index (Phi) is 4.46. The molecular formula is C21H25BN2O4S. The molecule has 0 aliphatic carbocycles. The van der Waals surface area contributed by atoms with E-state index in [-0.39, 0.29) is 4.90 Å². The van der Waals surface area contributed by atoms with Crippen molar-refractivity contribution in [1.82, 2.24) is 8.96 Å². The van der Waals surface area contributed by atoms with Crippen LogP contribution in [0.5, 0.6) is 0 Å². The molecule has 0 bridgehead atoms. The molecule has 0 atom stereocenters. The average Bonchev–Trinajstić information content (AvgIpc) is 3.12. The van der Waals surface area contributed by atoms with Gasteiger partial charge in [0.15, 0.2) is 0 Å². The molecule has 8 heteroatoms. The van der Waals surface area contributed by atoms with Gasteiger partial charge in [-0.3, -0.25) is 4.98 Å². The molecule has 0 unspecified atom stereocenters. The van der Waals surface area contributed by atoms with Crippen LogP contribution in [0.25, 0.3) is 10.9 Å². The Balaban J connectivity index is 1.93. The zero-order valence-electron chi connectivity index (χ0n) is 17.6. The van der Waals surface area contributed by atoms with Crippen molar-refractivity contribution in [3.05, 3.63) is 54.0 Å². The van der Waals surface area contributed by atoms with E-state index in [0.29, 0.717) is 16.4 Å². The maximum Gasteiger partial charge on any atom is 0.497 e. The molecule has 1 aliphatic rings. The number of aromatic nitrogens is 2. The van der Waals surface area contributed by atoms with E-state index in [2.05, 4.69) is 4.98 Å². The summed E-state index contributed by atoms with van der Waals surface area (Å²) >= 11 is 0. The summed E-state index contributed by atoms with van der Waals surface area (Å²) in [6, 6.07) is 6.84. The second-order valence-corrected chi connectivity index (χ2v) is 10.5. The lowest BCUT2D eigenvalue weighted by atomic mass is 9.79. The van der Waals surface area contributed by atoms with Crippen molar-refractivity contribution in [3.8, 4) is 0 Å². The Bertz CT molecular complexity index is 1180. The maximum absolute atomic E-state index is 13.5. The lowest BCUT2D eigenvalue weighted by Crippen LogP contribution is -2.41. The number of hydrogen-bond donors (Lipinski definition) is 0. The van der Waals surface area contributed by atoms with Gasteiger partial charge in [0.25, 0.3) is 10.0 Å². The fourth-order valence-electron chi connectivity index (χ4n) is 3.49. The van der Waals surface area contributed by atoms with E-state index in [9.17, 15) is 8.42 Å². The quantitative estimate of drug-likeness (QED) is 0.618. The Morgan fingerprint density at radius 2 is 1.55 bits per heavy atom. The Morgan fingerprint density at radius 1 is 0.966 bits per heavy atom. The summed E-state index contributed by atoms with van der Waals surface area (Å²) in [5, 5.41) is 0.708. The predicted octanol–water partition coefficient (Wildman–Crippen LogP) is 3.19. The monoisotopic (exact) mass is 412 g/mol. The van der Waals surface area contributed by atoms with Crippen LogP contribution < -0.4 is 5.46 Å². The van der Waals surface area contributed by atoms with Gasteiger partial charge in [0.2, 0.25) is 0 Å². The molecule has 2 aromatic heterocycles. The topological polar surface area (TPSA) is 70.4 Å². The number of benzene rings is 1. The van der Waals surface area contributed by atoms with Crippen molar-refractivity contribution >= 4 is 33.5 Å². The van der Waals surface area contributed by atoms with Crippen molar-refractivity contribution < 1.29 is 17.7 Å². The van der Waals surface area contributed by atoms with Gasteiger partial charge in [0.05, 0.1) is 21.6 Å². The molecule has 0 N–H and O–H groups in total. The standard InChI is InChI=1S/C21H25BN2O4S/c1-14-7-9-16(10-8-14)29(25,26)24-13-18(17-12-23-11-15(2)19(17)24)22-27-20(3,4)21(5,6)28-22/h7-13H,1-6H3. The van der Waals surface area contributed by atoms with E-state index in [1.165, 1.54) is 3.97 Å². The number of aryl methyl sites for hydroxylation is 2. The summed E-state index contributed by atoms with van der Waals surface area (Å²) < 4.78 is 40.6. The first-order chi connectivity index (χ1) is 13.4. The first-order valence-electron chi connectivity index (χ1n) is 9.57. The summed E-state index contributed by atoms with van der Waals surface area (Å²) in [6.07, 6.45) is 4.94. The fraction of sp³-hybridized carbons (Fsp3) is 0.381. The van der Waals surface area contributed by atoms with Gasteiger partial charge < -0.3 is 9.31 Å². The number of pyridine rings is 1. The van der Waals surface area contributed by atoms with Crippen molar-refractivity contribution in [2.75, 3.05) is 0 Å². The number of hydrogen-bond acceptors (Lipinski definition) is 5. The smallest absolute Gasteiger partial charge is 0.399 e. The van der Waals surface area contributed by atoms with Gasteiger partial charge in [-0.15, -0.1) is 0 Å². The molecule has 1 saturated heterocycles. The van der Waals surface area contributed by atoms with Crippen molar-refractivity contribution in [2.45, 2.75) is 57.6 Å². The highest BCUT2D eigenvalue weighted by Gasteiger charge is 2.52. The van der Waals surface area contributed by atoms with Crippen LogP contribution >= 0.6 is 0 Å². The Hall–Kier alpha value is -2.16. The molecule has 4 rings (SSSR count). The minimum absolute atomic E-state index is 0.233. The molecule has 1 aliphatic heterocycles. The molecule has 3 heterocycles. The lowest BCUT2D eigenvalue weighted by Gasteiger charge is -2.32. The minimum Gasteiger partial charge on any atom is -0.399 e. The SMILES string of the molecule is Cc1ccc(S(=O)(=O)n2cc(B3OC(C)(C)C(C)(C)O3)c3cncc(C)c32)cc1. The van der Waals surface area contributed by atoms with Crippen molar-refractivity contribution in [2.24, 2.45) is 0 Å². The lowest BCUT2D eigenvalue weighted by molar-refractivity contribution is 0.00578. The van der Waals surface area contributed by atoms with E-state index in [1.807, 2.05) is 41.5 Å². The number of nitrogens with zero attached hydrogens (tertiary/aromatic N) is 2. The Labute approximate surface area is 172 Å². The van der Waals surface area contributed by atoms with Crippen LogP contribution in [0.4, 0.5) is 0 Å². The molecule has 29 heavy (non-hydrogen) atoms. The zero-order valence-corrected chi connectivity index (χ0v) is 18.4. The van der Waals surface area contributed by atoms with E-state index in [1.54, 1.807) is 42.9 Å². The van der Waals surface area contributed by atoms with Gasteiger partial charge in [-0.1, -0.05) is 17.7 Å². The van der Waals surface area contributed by atoms with Crippen LogP contribution in [0.15, 0.2) is 47.8 Å². The maximum atomic E-state index is 13.5. The molecule has 1 aromatic carbocycles. The number of rotatable bonds is 3. The highest BCUT2D eigenvalue weighted by Crippen LogP contribution is 2.37. The van der Waals surface area contributed by atoms with Crippen LogP contribution in [0.1, 0.15) is 38.8 Å². The molecule has 152 valence electrons. The molecule has 3 aromatic rings. The summed E-state index contributed by atoms with van der Waals surface area (Å²) in [6.45, 7) is 11.7. The van der Waals surface area contributed by atoms with Crippen LogP contribution in [0.2, 0.25) is 0 Å². The molecular weight excluding hydrogens is 387 g/mol. The summed E-state index contributed by atoms with van der Waals surface area (Å²) in [5.41, 5.74) is 1.95. The minimum atomic E-state index is -3.79. The largest absolute Gasteiger partial charge is 0.497 e. The Morgan fingerprint density at radius 3 is 2.14 bits per heavy atom. The molecule has 1 fully saturated rings. The first-order valence-corrected chi connectivity index (χ1v) is 11.0. The normalized spacial score (nSPS) is 18.5. The third-order valence-electron chi connectivity index (χ3n) is 5.97. The molecule has 0 spiro atoms. The third-order valence-corrected chi connectivity index (χ3v) is 7.65. The van der Waals surface area contributed by atoms with Crippen LogP contribution in [-0.2, 0) is 19.3 Å². The van der Waals surface area contributed by atoms with E-state index >= 15 is 0 Å².